The Morgan fingerprint density at radius 1 is 1.00 bits per heavy atom. The van der Waals surface area contributed by atoms with Crippen molar-refractivity contribution < 1.29 is 0 Å². The number of hydrogen-bond acceptors (Lipinski definition) is 2. The van der Waals surface area contributed by atoms with E-state index in [9.17, 15) is 4.79 Å². The van der Waals surface area contributed by atoms with Crippen LogP contribution in [0.1, 0.15) is 5.56 Å². The van der Waals surface area contributed by atoms with E-state index in [-0.39, 0.29) is 5.43 Å². The first-order chi connectivity index (χ1) is 9.13. The van der Waals surface area contributed by atoms with Crippen molar-refractivity contribution in [3.05, 3.63) is 69.3 Å². The molecule has 0 spiro atoms. The summed E-state index contributed by atoms with van der Waals surface area (Å²) in [6, 6.07) is 15.3. The summed E-state index contributed by atoms with van der Waals surface area (Å²) in [5.41, 5.74) is 2.31. The zero-order valence-corrected chi connectivity index (χ0v) is 11.9. The van der Waals surface area contributed by atoms with Gasteiger partial charge >= 0.3 is 0 Å². The van der Waals surface area contributed by atoms with Gasteiger partial charge in [-0.2, -0.15) is 0 Å². The molecule has 3 rings (SSSR count). The zero-order chi connectivity index (χ0) is 13.4. The van der Waals surface area contributed by atoms with Gasteiger partial charge in [-0.05, 0) is 30.7 Å². The van der Waals surface area contributed by atoms with Gasteiger partial charge in [0.25, 0.3) is 0 Å². The minimum Gasteiger partial charge on any atom is -0.289 e. The van der Waals surface area contributed by atoms with E-state index in [0.717, 1.165) is 15.1 Å². The lowest BCUT2D eigenvalue weighted by molar-refractivity contribution is 1.47. The summed E-state index contributed by atoms with van der Waals surface area (Å²) in [6.45, 7) is 2.05. The van der Waals surface area contributed by atoms with Crippen LogP contribution < -0.4 is 5.43 Å². The Morgan fingerprint density at radius 2 is 1.74 bits per heavy atom. The maximum atomic E-state index is 12.1. The van der Waals surface area contributed by atoms with E-state index in [0.29, 0.717) is 10.4 Å². The fourth-order valence-electron chi connectivity index (χ4n) is 1.99. The van der Waals surface area contributed by atoms with Crippen LogP contribution in [-0.2, 0) is 0 Å². The zero-order valence-electron chi connectivity index (χ0n) is 10.3. The highest BCUT2D eigenvalue weighted by Crippen LogP contribution is 2.29. The van der Waals surface area contributed by atoms with E-state index in [1.165, 1.54) is 5.56 Å². The van der Waals surface area contributed by atoms with Crippen molar-refractivity contribution >= 4 is 33.0 Å². The molecule has 0 fully saturated rings. The molecule has 0 unspecified atom stereocenters. The summed E-state index contributed by atoms with van der Waals surface area (Å²) in [6.07, 6.45) is 0. The number of halogens is 1. The van der Waals surface area contributed by atoms with E-state index >= 15 is 0 Å². The smallest absolute Gasteiger partial charge is 0.188 e. The predicted molar refractivity (Wildman–Crippen MR) is 83.3 cm³/mol. The van der Waals surface area contributed by atoms with Crippen molar-refractivity contribution in [3.63, 3.8) is 0 Å². The third-order valence-electron chi connectivity index (χ3n) is 3.03. The van der Waals surface area contributed by atoms with Crippen LogP contribution in [0.3, 0.4) is 0 Å². The van der Waals surface area contributed by atoms with Gasteiger partial charge in [0.2, 0.25) is 0 Å². The Balaban J connectivity index is 2.24. The molecule has 2 aromatic carbocycles. The van der Waals surface area contributed by atoms with E-state index in [4.69, 9.17) is 11.6 Å². The van der Waals surface area contributed by atoms with Crippen molar-refractivity contribution in [1.82, 2.24) is 0 Å². The molecule has 0 bridgehead atoms. The molecule has 0 N–H and O–H groups in total. The van der Waals surface area contributed by atoms with Crippen LogP contribution >= 0.6 is 22.9 Å². The molecule has 1 nitrogen and oxygen atoms in total. The van der Waals surface area contributed by atoms with Gasteiger partial charge in [0.1, 0.15) is 0 Å². The van der Waals surface area contributed by atoms with Gasteiger partial charge in [-0.25, -0.2) is 0 Å². The van der Waals surface area contributed by atoms with Gasteiger partial charge in [0.15, 0.2) is 5.43 Å². The monoisotopic (exact) mass is 286 g/mol. The summed E-state index contributed by atoms with van der Waals surface area (Å²) in [5.74, 6) is 0. The first kappa shape index (κ1) is 12.4. The number of fused-ring (bicyclic) bond motifs is 1. The standard InChI is InChI=1S/C16H11ClOS/c1-10-2-4-11(5-3-10)16-9-14(18)13-8-12(17)6-7-15(13)19-16/h2-9H,1H3. The van der Waals surface area contributed by atoms with Crippen molar-refractivity contribution in [1.29, 1.82) is 0 Å². The van der Waals surface area contributed by atoms with E-state index in [1.54, 1.807) is 23.5 Å². The summed E-state index contributed by atoms with van der Waals surface area (Å²) >= 11 is 7.54. The van der Waals surface area contributed by atoms with Crippen LogP contribution in [0.2, 0.25) is 5.02 Å². The van der Waals surface area contributed by atoms with Crippen LogP contribution in [0.4, 0.5) is 0 Å². The average Bonchev–Trinajstić information content (AvgIpc) is 2.40. The fraction of sp³-hybridized carbons (Fsp3) is 0.0625. The topological polar surface area (TPSA) is 17.1 Å². The molecule has 0 atom stereocenters. The van der Waals surface area contributed by atoms with Gasteiger partial charge < -0.3 is 0 Å². The second-order valence-corrected chi connectivity index (χ2v) is 6.00. The Hall–Kier alpha value is -1.64. The number of hydrogen-bond donors (Lipinski definition) is 0. The van der Waals surface area contributed by atoms with Crippen molar-refractivity contribution in [2.45, 2.75) is 6.92 Å². The molecule has 0 aliphatic heterocycles. The number of rotatable bonds is 1. The highest BCUT2D eigenvalue weighted by atomic mass is 35.5. The van der Waals surface area contributed by atoms with Crippen LogP contribution in [0.15, 0.2) is 53.3 Å². The van der Waals surface area contributed by atoms with Crippen LogP contribution in [0.25, 0.3) is 20.5 Å². The first-order valence-electron chi connectivity index (χ1n) is 5.94. The summed E-state index contributed by atoms with van der Waals surface area (Å²) in [7, 11) is 0. The Labute approximate surface area is 120 Å². The quantitative estimate of drug-likeness (QED) is 0.622. The third-order valence-corrected chi connectivity index (χ3v) is 4.41. The van der Waals surface area contributed by atoms with Crippen molar-refractivity contribution in [2.24, 2.45) is 0 Å². The molecular formula is C16H11ClOS. The molecule has 94 valence electrons. The van der Waals surface area contributed by atoms with Crippen molar-refractivity contribution in [2.75, 3.05) is 0 Å². The first-order valence-corrected chi connectivity index (χ1v) is 7.13. The predicted octanol–water partition coefficient (Wildman–Crippen LogP) is 4.89. The van der Waals surface area contributed by atoms with E-state index in [2.05, 4.69) is 19.1 Å². The van der Waals surface area contributed by atoms with Gasteiger partial charge in [-0.3, -0.25) is 4.79 Å². The molecular weight excluding hydrogens is 276 g/mol. The van der Waals surface area contributed by atoms with Gasteiger partial charge in [0, 0.05) is 26.1 Å². The lowest BCUT2D eigenvalue weighted by atomic mass is 10.1. The molecule has 3 heteroatoms. The maximum Gasteiger partial charge on any atom is 0.188 e. The lowest BCUT2D eigenvalue weighted by Crippen LogP contribution is -1.98. The molecule has 19 heavy (non-hydrogen) atoms. The normalized spacial score (nSPS) is 10.8. The molecule has 3 aromatic rings. The molecule has 0 saturated carbocycles. The minimum absolute atomic E-state index is 0.0202. The molecule has 0 amide bonds. The molecule has 1 aromatic heterocycles. The van der Waals surface area contributed by atoms with E-state index in [1.807, 2.05) is 24.3 Å². The minimum atomic E-state index is 0.0202. The molecule has 1 heterocycles. The third kappa shape index (κ3) is 2.42. The van der Waals surface area contributed by atoms with E-state index < -0.39 is 0 Å². The maximum absolute atomic E-state index is 12.1. The lowest BCUT2D eigenvalue weighted by Gasteiger charge is -2.03. The van der Waals surface area contributed by atoms with Crippen molar-refractivity contribution in [3.8, 4) is 10.4 Å². The Kier molecular flexibility index (Phi) is 3.13. The second kappa shape index (κ2) is 4.80. The number of benzene rings is 2. The van der Waals surface area contributed by atoms with Gasteiger partial charge in [0.05, 0.1) is 0 Å². The van der Waals surface area contributed by atoms with Crippen LogP contribution in [0, 0.1) is 6.92 Å². The van der Waals surface area contributed by atoms with Crippen LogP contribution in [0.5, 0.6) is 0 Å². The average molecular weight is 287 g/mol. The van der Waals surface area contributed by atoms with Gasteiger partial charge in [-0.15, -0.1) is 11.3 Å². The van der Waals surface area contributed by atoms with Crippen LogP contribution in [-0.4, -0.2) is 0 Å². The molecule has 0 saturated heterocycles. The fourth-order valence-corrected chi connectivity index (χ4v) is 3.22. The van der Waals surface area contributed by atoms with Gasteiger partial charge in [-0.1, -0.05) is 41.4 Å². The summed E-state index contributed by atoms with van der Waals surface area (Å²) in [5, 5.41) is 1.29. The highest BCUT2D eigenvalue weighted by molar-refractivity contribution is 7.21. The highest BCUT2D eigenvalue weighted by Gasteiger charge is 2.05. The SMILES string of the molecule is Cc1ccc(-c2cc(=O)c3cc(Cl)ccc3s2)cc1. The Morgan fingerprint density at radius 3 is 2.47 bits per heavy atom. The molecule has 0 aliphatic carbocycles. The summed E-state index contributed by atoms with van der Waals surface area (Å²) < 4.78 is 0.965. The summed E-state index contributed by atoms with van der Waals surface area (Å²) in [4.78, 5) is 13.1. The second-order valence-electron chi connectivity index (χ2n) is 4.48. The Bertz CT molecular complexity index is 803. The molecule has 0 aliphatic rings. The number of aryl methyl sites for hydroxylation is 1. The largest absolute Gasteiger partial charge is 0.289 e. The molecule has 0 radical (unpaired) electrons.